The van der Waals surface area contributed by atoms with Gasteiger partial charge in [0.2, 0.25) is 5.91 Å². The van der Waals surface area contributed by atoms with Gasteiger partial charge in [-0.2, -0.15) is 0 Å². The number of quaternary nitrogens is 1. The average molecular weight is 396 g/mol. The highest BCUT2D eigenvalue weighted by Crippen LogP contribution is 2.22. The Bertz CT molecular complexity index is 909. The molecule has 0 bridgehead atoms. The van der Waals surface area contributed by atoms with E-state index in [-0.39, 0.29) is 30.2 Å². The fourth-order valence-corrected chi connectivity index (χ4v) is 4.05. The average Bonchev–Trinajstić information content (AvgIpc) is 3.02. The molecule has 4 rings (SSSR count). The van der Waals surface area contributed by atoms with Gasteiger partial charge >= 0.3 is 0 Å². The minimum Gasteiger partial charge on any atom is -0.338 e. The van der Waals surface area contributed by atoms with Crippen LogP contribution in [0.4, 0.5) is 10.1 Å². The van der Waals surface area contributed by atoms with Gasteiger partial charge in [-0.15, -0.1) is 0 Å². The SMILES string of the molecule is O=C(c1ccccc1)N1CCC([NH2+][C@H]2CC(=O)N(c3ccc(F)cc3)C2=O)CC1. The van der Waals surface area contributed by atoms with Crippen molar-refractivity contribution in [1.82, 2.24) is 4.90 Å². The molecule has 29 heavy (non-hydrogen) atoms. The summed E-state index contributed by atoms with van der Waals surface area (Å²) in [6.45, 7) is 1.26. The number of benzene rings is 2. The highest BCUT2D eigenvalue weighted by atomic mass is 19.1. The van der Waals surface area contributed by atoms with Gasteiger partial charge in [0.1, 0.15) is 5.82 Å². The van der Waals surface area contributed by atoms with Gasteiger partial charge in [0.05, 0.1) is 18.2 Å². The van der Waals surface area contributed by atoms with Crippen LogP contribution in [0.3, 0.4) is 0 Å². The van der Waals surface area contributed by atoms with E-state index in [4.69, 9.17) is 0 Å². The van der Waals surface area contributed by atoms with E-state index < -0.39 is 11.9 Å². The number of anilines is 1. The Labute approximate surface area is 168 Å². The molecular weight excluding hydrogens is 373 g/mol. The number of nitrogens with two attached hydrogens (primary N) is 1. The van der Waals surface area contributed by atoms with Crippen molar-refractivity contribution in [2.75, 3.05) is 18.0 Å². The molecule has 1 atom stereocenters. The molecule has 0 aromatic heterocycles. The summed E-state index contributed by atoms with van der Waals surface area (Å²) in [4.78, 5) is 40.6. The lowest BCUT2D eigenvalue weighted by Gasteiger charge is -2.31. The molecule has 3 amide bonds. The number of hydrogen-bond acceptors (Lipinski definition) is 3. The summed E-state index contributed by atoms with van der Waals surface area (Å²) in [5, 5.41) is 1.97. The number of hydrogen-bond donors (Lipinski definition) is 1. The molecule has 0 aliphatic carbocycles. The van der Waals surface area contributed by atoms with Gasteiger partial charge in [-0.25, -0.2) is 9.29 Å². The zero-order chi connectivity index (χ0) is 20.4. The van der Waals surface area contributed by atoms with Crippen LogP contribution < -0.4 is 10.2 Å². The first-order chi connectivity index (χ1) is 14.0. The molecule has 2 heterocycles. The van der Waals surface area contributed by atoms with Crippen LogP contribution in [0.5, 0.6) is 0 Å². The predicted octanol–water partition coefficient (Wildman–Crippen LogP) is 1.33. The molecule has 0 radical (unpaired) electrons. The first-order valence-electron chi connectivity index (χ1n) is 9.84. The van der Waals surface area contributed by atoms with Crippen molar-refractivity contribution in [2.24, 2.45) is 0 Å². The first kappa shape index (κ1) is 19.3. The highest BCUT2D eigenvalue weighted by Gasteiger charge is 2.43. The van der Waals surface area contributed by atoms with E-state index in [0.717, 1.165) is 17.7 Å². The molecule has 0 unspecified atom stereocenters. The third-order valence-electron chi connectivity index (χ3n) is 5.62. The zero-order valence-corrected chi connectivity index (χ0v) is 16.0. The Hall–Kier alpha value is -3.06. The van der Waals surface area contributed by atoms with Crippen molar-refractivity contribution in [2.45, 2.75) is 31.3 Å². The largest absolute Gasteiger partial charge is 0.338 e. The van der Waals surface area contributed by atoms with E-state index in [9.17, 15) is 18.8 Å². The van der Waals surface area contributed by atoms with Crippen LogP contribution >= 0.6 is 0 Å². The topological polar surface area (TPSA) is 74.3 Å². The normalized spacial score (nSPS) is 20.4. The summed E-state index contributed by atoms with van der Waals surface area (Å²) in [6, 6.07) is 14.3. The number of amides is 3. The second-order valence-electron chi connectivity index (χ2n) is 7.54. The Morgan fingerprint density at radius 3 is 2.28 bits per heavy atom. The molecule has 2 aliphatic heterocycles. The molecule has 150 valence electrons. The molecule has 6 nitrogen and oxygen atoms in total. The van der Waals surface area contributed by atoms with Crippen LogP contribution in [-0.4, -0.2) is 47.8 Å². The molecule has 2 saturated heterocycles. The Balaban J connectivity index is 1.34. The summed E-state index contributed by atoms with van der Waals surface area (Å²) in [5.74, 6) is -0.907. The molecule has 2 N–H and O–H groups in total. The molecule has 2 fully saturated rings. The van der Waals surface area contributed by atoms with Crippen molar-refractivity contribution in [3.8, 4) is 0 Å². The van der Waals surface area contributed by atoms with Crippen LogP contribution in [0.25, 0.3) is 0 Å². The van der Waals surface area contributed by atoms with E-state index in [0.29, 0.717) is 24.3 Å². The van der Waals surface area contributed by atoms with Crippen molar-refractivity contribution >= 4 is 23.4 Å². The lowest BCUT2D eigenvalue weighted by molar-refractivity contribution is -0.709. The molecular formula is C22H23FN3O3+. The summed E-state index contributed by atoms with van der Waals surface area (Å²) >= 11 is 0. The van der Waals surface area contributed by atoms with E-state index in [1.165, 1.54) is 24.3 Å². The lowest BCUT2D eigenvalue weighted by Crippen LogP contribution is -2.97. The number of carbonyl (C=O) groups excluding carboxylic acids is 3. The van der Waals surface area contributed by atoms with Gasteiger partial charge in [0.25, 0.3) is 11.8 Å². The zero-order valence-electron chi connectivity index (χ0n) is 16.0. The number of carbonyl (C=O) groups is 3. The predicted molar refractivity (Wildman–Crippen MR) is 105 cm³/mol. The summed E-state index contributed by atoms with van der Waals surface area (Å²) in [6.07, 6.45) is 1.68. The minimum absolute atomic E-state index is 0.0265. The monoisotopic (exact) mass is 396 g/mol. The number of nitrogens with zero attached hydrogens (tertiary/aromatic N) is 2. The van der Waals surface area contributed by atoms with Gasteiger partial charge in [0, 0.05) is 31.5 Å². The van der Waals surface area contributed by atoms with E-state index in [1.807, 2.05) is 40.5 Å². The van der Waals surface area contributed by atoms with Gasteiger partial charge in [-0.05, 0) is 36.4 Å². The van der Waals surface area contributed by atoms with E-state index in [2.05, 4.69) is 0 Å². The Morgan fingerprint density at radius 1 is 0.966 bits per heavy atom. The number of likely N-dealkylation sites (tertiary alicyclic amines) is 1. The van der Waals surface area contributed by atoms with E-state index >= 15 is 0 Å². The van der Waals surface area contributed by atoms with Crippen LogP contribution in [0.1, 0.15) is 29.6 Å². The van der Waals surface area contributed by atoms with Gasteiger partial charge in [-0.3, -0.25) is 14.4 Å². The first-order valence-corrected chi connectivity index (χ1v) is 9.84. The Morgan fingerprint density at radius 2 is 1.62 bits per heavy atom. The van der Waals surface area contributed by atoms with Crippen LogP contribution in [0.15, 0.2) is 54.6 Å². The van der Waals surface area contributed by atoms with Gasteiger partial charge in [0.15, 0.2) is 6.04 Å². The van der Waals surface area contributed by atoms with Crippen LogP contribution in [-0.2, 0) is 9.59 Å². The maximum absolute atomic E-state index is 13.1. The smallest absolute Gasteiger partial charge is 0.292 e. The fraction of sp³-hybridized carbons (Fsp3) is 0.318. The third-order valence-corrected chi connectivity index (χ3v) is 5.62. The molecule has 2 aliphatic rings. The van der Waals surface area contributed by atoms with Gasteiger partial charge in [-0.1, -0.05) is 18.2 Å². The summed E-state index contributed by atoms with van der Waals surface area (Å²) in [5.41, 5.74) is 1.09. The number of imide groups is 1. The van der Waals surface area contributed by atoms with Crippen molar-refractivity contribution in [3.63, 3.8) is 0 Å². The lowest BCUT2D eigenvalue weighted by atomic mass is 10.0. The van der Waals surface area contributed by atoms with Crippen LogP contribution in [0.2, 0.25) is 0 Å². The second-order valence-corrected chi connectivity index (χ2v) is 7.54. The molecule has 7 heteroatoms. The number of halogens is 1. The molecule has 2 aromatic carbocycles. The van der Waals surface area contributed by atoms with Gasteiger partial charge < -0.3 is 10.2 Å². The molecule has 0 spiro atoms. The Kier molecular flexibility index (Phi) is 5.40. The number of piperidine rings is 1. The third kappa shape index (κ3) is 4.05. The molecule has 0 saturated carbocycles. The second kappa shape index (κ2) is 8.13. The fourth-order valence-electron chi connectivity index (χ4n) is 4.05. The highest BCUT2D eigenvalue weighted by molar-refractivity contribution is 6.21. The summed E-state index contributed by atoms with van der Waals surface area (Å²) < 4.78 is 13.1. The standard InChI is InChI=1S/C22H22FN3O3/c23-16-6-8-18(9-7-16)26-20(27)14-19(22(26)29)24-17-10-12-25(13-11-17)21(28)15-4-2-1-3-5-15/h1-9,17,19,24H,10-14H2/p+1/t19-/m0/s1. The van der Waals surface area contributed by atoms with Crippen molar-refractivity contribution in [3.05, 3.63) is 66.0 Å². The minimum atomic E-state index is -0.464. The maximum atomic E-state index is 13.1. The summed E-state index contributed by atoms with van der Waals surface area (Å²) in [7, 11) is 0. The maximum Gasteiger partial charge on any atom is 0.292 e. The quantitative estimate of drug-likeness (QED) is 0.793. The van der Waals surface area contributed by atoms with Crippen LogP contribution in [0, 0.1) is 5.82 Å². The van der Waals surface area contributed by atoms with Crippen molar-refractivity contribution in [1.29, 1.82) is 0 Å². The van der Waals surface area contributed by atoms with Crippen molar-refractivity contribution < 1.29 is 24.1 Å². The molecule has 2 aromatic rings. The number of rotatable bonds is 4. The van der Waals surface area contributed by atoms with E-state index in [1.54, 1.807) is 0 Å².